The summed E-state index contributed by atoms with van der Waals surface area (Å²) < 4.78 is 5.18. The van der Waals surface area contributed by atoms with Gasteiger partial charge >= 0.3 is 5.97 Å². The van der Waals surface area contributed by atoms with Crippen LogP contribution in [0.1, 0.15) is 54.4 Å². The van der Waals surface area contributed by atoms with E-state index in [2.05, 4.69) is 6.58 Å². The van der Waals surface area contributed by atoms with Crippen LogP contribution in [0.15, 0.2) is 12.7 Å². The smallest absolute Gasteiger partial charge is 0.306 e. The van der Waals surface area contributed by atoms with E-state index in [1.165, 1.54) is 0 Å². The maximum Gasteiger partial charge on any atom is 0.306 e. The fourth-order valence-corrected chi connectivity index (χ4v) is 1.62. The summed E-state index contributed by atoms with van der Waals surface area (Å²) in [5, 5.41) is 0. The van der Waals surface area contributed by atoms with Gasteiger partial charge in [0.15, 0.2) is 0 Å². The normalized spacial score (nSPS) is 11.9. The van der Waals surface area contributed by atoms with Crippen LogP contribution in [-0.4, -0.2) is 34.5 Å². The third-order valence-corrected chi connectivity index (χ3v) is 2.39. The van der Waals surface area contributed by atoms with Gasteiger partial charge in [0.2, 0.25) is 5.91 Å². The molecule has 0 aromatic rings. The van der Waals surface area contributed by atoms with Gasteiger partial charge in [-0.15, -0.1) is 6.58 Å². The van der Waals surface area contributed by atoms with Crippen molar-refractivity contribution in [3.05, 3.63) is 12.7 Å². The average Bonchev–Trinajstić information content (AvgIpc) is 2.18. The SMILES string of the molecule is C=CCN(C(=O)CCC(=O)OC(C)(C)C)C(C)(C)C. The van der Waals surface area contributed by atoms with Crippen molar-refractivity contribution in [3.63, 3.8) is 0 Å². The molecule has 19 heavy (non-hydrogen) atoms. The Hall–Kier alpha value is -1.32. The second kappa shape index (κ2) is 6.73. The minimum Gasteiger partial charge on any atom is -0.460 e. The van der Waals surface area contributed by atoms with Crippen LogP contribution in [0.3, 0.4) is 0 Å². The summed E-state index contributed by atoms with van der Waals surface area (Å²) in [6, 6.07) is 0. The number of nitrogens with zero attached hydrogens (tertiary/aromatic N) is 1. The van der Waals surface area contributed by atoms with Gasteiger partial charge in [0.25, 0.3) is 0 Å². The molecule has 0 spiro atoms. The molecule has 0 aliphatic carbocycles. The number of carbonyl (C=O) groups excluding carboxylic acids is 2. The summed E-state index contributed by atoms with van der Waals surface area (Å²) >= 11 is 0. The van der Waals surface area contributed by atoms with Crippen LogP contribution in [0, 0.1) is 0 Å². The zero-order valence-electron chi connectivity index (χ0n) is 13.1. The lowest BCUT2D eigenvalue weighted by atomic mass is 10.0. The van der Waals surface area contributed by atoms with Crippen LogP contribution < -0.4 is 0 Å². The fourth-order valence-electron chi connectivity index (χ4n) is 1.62. The van der Waals surface area contributed by atoms with Gasteiger partial charge in [-0.2, -0.15) is 0 Å². The van der Waals surface area contributed by atoms with E-state index in [4.69, 9.17) is 4.74 Å². The van der Waals surface area contributed by atoms with Gasteiger partial charge < -0.3 is 9.64 Å². The van der Waals surface area contributed by atoms with Crippen molar-refractivity contribution in [2.45, 2.75) is 65.5 Å². The predicted octanol–water partition coefficient (Wildman–Crippen LogP) is 2.92. The van der Waals surface area contributed by atoms with E-state index in [-0.39, 0.29) is 30.3 Å². The van der Waals surface area contributed by atoms with Crippen LogP contribution in [0.2, 0.25) is 0 Å². The van der Waals surface area contributed by atoms with E-state index in [0.717, 1.165) is 0 Å². The highest BCUT2D eigenvalue weighted by atomic mass is 16.6. The highest BCUT2D eigenvalue weighted by Gasteiger charge is 2.26. The van der Waals surface area contributed by atoms with Gasteiger partial charge in [0.1, 0.15) is 5.60 Å². The molecule has 0 aliphatic rings. The summed E-state index contributed by atoms with van der Waals surface area (Å²) in [6.45, 7) is 15.5. The summed E-state index contributed by atoms with van der Waals surface area (Å²) in [5.74, 6) is -0.397. The van der Waals surface area contributed by atoms with Crippen molar-refractivity contribution in [2.24, 2.45) is 0 Å². The molecule has 0 heterocycles. The highest BCUT2D eigenvalue weighted by Crippen LogP contribution is 2.16. The molecule has 0 saturated carbocycles. The second-order valence-corrected chi connectivity index (χ2v) is 6.55. The Kier molecular flexibility index (Phi) is 6.27. The van der Waals surface area contributed by atoms with Gasteiger partial charge in [-0.25, -0.2) is 0 Å². The molecule has 4 heteroatoms. The first kappa shape index (κ1) is 17.7. The molecule has 0 aromatic heterocycles. The minimum absolute atomic E-state index is 0.0572. The van der Waals surface area contributed by atoms with Crippen molar-refractivity contribution in [1.82, 2.24) is 4.90 Å². The first-order valence-corrected chi connectivity index (χ1v) is 6.60. The van der Waals surface area contributed by atoms with Crippen molar-refractivity contribution in [1.29, 1.82) is 0 Å². The molecule has 0 aliphatic heterocycles. The van der Waals surface area contributed by atoms with E-state index in [9.17, 15) is 9.59 Å². The van der Waals surface area contributed by atoms with Gasteiger partial charge in [0.05, 0.1) is 6.42 Å². The molecule has 0 atom stereocenters. The molecule has 110 valence electrons. The van der Waals surface area contributed by atoms with Crippen molar-refractivity contribution in [2.75, 3.05) is 6.54 Å². The van der Waals surface area contributed by atoms with Crippen molar-refractivity contribution < 1.29 is 14.3 Å². The summed E-state index contributed by atoms with van der Waals surface area (Å²) in [4.78, 5) is 25.4. The monoisotopic (exact) mass is 269 g/mol. The third kappa shape index (κ3) is 7.65. The maximum absolute atomic E-state index is 12.1. The minimum atomic E-state index is -0.509. The average molecular weight is 269 g/mol. The topological polar surface area (TPSA) is 46.6 Å². The van der Waals surface area contributed by atoms with Crippen LogP contribution in [0.4, 0.5) is 0 Å². The molecule has 0 bridgehead atoms. The molecule has 0 saturated heterocycles. The van der Waals surface area contributed by atoms with Crippen molar-refractivity contribution in [3.8, 4) is 0 Å². The van der Waals surface area contributed by atoms with E-state index < -0.39 is 5.60 Å². The van der Waals surface area contributed by atoms with Gasteiger partial charge in [-0.05, 0) is 41.5 Å². The number of hydrogen-bond donors (Lipinski definition) is 0. The van der Waals surface area contributed by atoms with Gasteiger partial charge in [-0.3, -0.25) is 9.59 Å². The molecule has 0 N–H and O–H groups in total. The van der Waals surface area contributed by atoms with Crippen LogP contribution in [0.25, 0.3) is 0 Å². The molecular weight excluding hydrogens is 242 g/mol. The summed E-state index contributed by atoms with van der Waals surface area (Å²) in [6.07, 6.45) is 1.97. The largest absolute Gasteiger partial charge is 0.460 e. The van der Waals surface area contributed by atoms with E-state index in [1.54, 1.807) is 11.0 Å². The first-order chi connectivity index (χ1) is 8.47. The van der Waals surface area contributed by atoms with E-state index in [1.807, 2.05) is 41.5 Å². The number of hydrogen-bond acceptors (Lipinski definition) is 3. The third-order valence-electron chi connectivity index (χ3n) is 2.39. The standard InChI is InChI=1S/C15H27NO3/c1-8-11-16(14(2,3)4)12(17)9-10-13(18)19-15(5,6)7/h8H,1,9-11H2,2-7H3. The Bertz CT molecular complexity index is 334. The predicted molar refractivity (Wildman–Crippen MR) is 76.7 cm³/mol. The van der Waals surface area contributed by atoms with Crippen LogP contribution in [0.5, 0.6) is 0 Å². The number of carbonyl (C=O) groups is 2. The lowest BCUT2D eigenvalue weighted by Gasteiger charge is -2.35. The van der Waals surface area contributed by atoms with Crippen LogP contribution >= 0.6 is 0 Å². The number of rotatable bonds is 5. The Balaban J connectivity index is 4.43. The number of amides is 1. The molecule has 0 radical (unpaired) electrons. The first-order valence-electron chi connectivity index (χ1n) is 6.60. The Morgan fingerprint density at radius 1 is 1.11 bits per heavy atom. The lowest BCUT2D eigenvalue weighted by Crippen LogP contribution is -2.45. The Morgan fingerprint density at radius 2 is 1.63 bits per heavy atom. The lowest BCUT2D eigenvalue weighted by molar-refractivity contribution is -0.156. The Labute approximate surface area is 116 Å². The van der Waals surface area contributed by atoms with Crippen molar-refractivity contribution >= 4 is 11.9 Å². The van der Waals surface area contributed by atoms with E-state index in [0.29, 0.717) is 6.54 Å². The maximum atomic E-state index is 12.1. The molecule has 0 fully saturated rings. The fraction of sp³-hybridized carbons (Fsp3) is 0.733. The molecule has 0 unspecified atom stereocenters. The second-order valence-electron chi connectivity index (χ2n) is 6.55. The molecule has 4 nitrogen and oxygen atoms in total. The zero-order valence-corrected chi connectivity index (χ0v) is 13.1. The van der Waals surface area contributed by atoms with Crippen LogP contribution in [-0.2, 0) is 14.3 Å². The molecule has 1 amide bonds. The molecule has 0 aromatic carbocycles. The molecule has 0 rings (SSSR count). The number of esters is 1. The Morgan fingerprint density at radius 3 is 2.00 bits per heavy atom. The quantitative estimate of drug-likeness (QED) is 0.569. The van der Waals surface area contributed by atoms with E-state index >= 15 is 0 Å². The van der Waals surface area contributed by atoms with Gasteiger partial charge in [0, 0.05) is 18.5 Å². The zero-order chi connectivity index (χ0) is 15.3. The number of ether oxygens (including phenoxy) is 1. The highest BCUT2D eigenvalue weighted by molar-refractivity contribution is 5.82. The molecular formula is C15H27NO3. The summed E-state index contributed by atoms with van der Waals surface area (Å²) in [7, 11) is 0. The van der Waals surface area contributed by atoms with Gasteiger partial charge in [-0.1, -0.05) is 6.08 Å². The summed E-state index contributed by atoms with van der Waals surface area (Å²) in [5.41, 5.74) is -0.788.